The predicted molar refractivity (Wildman–Crippen MR) is 53.8 cm³/mol. The van der Waals surface area contributed by atoms with Crippen molar-refractivity contribution < 1.29 is 14.3 Å². The number of aliphatic carboxylic acids is 1. The molecular formula is C11H11NO3. The van der Waals surface area contributed by atoms with Crippen molar-refractivity contribution in [3.63, 3.8) is 0 Å². The first-order valence-corrected chi connectivity index (χ1v) is 4.61. The predicted octanol–water partition coefficient (Wildman–Crippen LogP) is 2.44. The van der Waals surface area contributed by atoms with Crippen molar-refractivity contribution in [3.8, 4) is 6.07 Å². The Hall–Kier alpha value is -2.02. The number of carboxylic acid groups (broad SMARTS) is 1. The molecule has 0 aliphatic heterocycles. The molecule has 0 unspecified atom stereocenters. The molecule has 78 valence electrons. The van der Waals surface area contributed by atoms with E-state index in [1.54, 1.807) is 18.2 Å². The smallest absolute Gasteiger partial charge is 0.346 e. The Morgan fingerprint density at radius 3 is 2.80 bits per heavy atom. The van der Waals surface area contributed by atoms with Crippen LogP contribution in [-0.2, 0) is 4.79 Å². The van der Waals surface area contributed by atoms with Crippen molar-refractivity contribution in [1.82, 2.24) is 0 Å². The SMILES string of the molecule is CCCC(=C(C#N)C(=O)O)c1ccco1. The van der Waals surface area contributed by atoms with Crippen LogP contribution in [0.15, 0.2) is 28.4 Å². The van der Waals surface area contributed by atoms with Crippen LogP contribution in [0.25, 0.3) is 5.57 Å². The summed E-state index contributed by atoms with van der Waals surface area (Å²) in [5.41, 5.74) is 0.212. The van der Waals surface area contributed by atoms with Gasteiger partial charge in [0.2, 0.25) is 0 Å². The molecule has 0 radical (unpaired) electrons. The second-order valence-corrected chi connectivity index (χ2v) is 3.00. The number of carboxylic acids is 1. The Labute approximate surface area is 87.4 Å². The first-order chi connectivity index (χ1) is 7.20. The molecule has 1 N–H and O–H groups in total. The van der Waals surface area contributed by atoms with E-state index in [2.05, 4.69) is 0 Å². The molecule has 0 amide bonds. The summed E-state index contributed by atoms with van der Waals surface area (Å²) in [6.45, 7) is 1.92. The second-order valence-electron chi connectivity index (χ2n) is 3.00. The zero-order chi connectivity index (χ0) is 11.3. The van der Waals surface area contributed by atoms with Crippen molar-refractivity contribution in [3.05, 3.63) is 29.7 Å². The lowest BCUT2D eigenvalue weighted by Crippen LogP contribution is -2.02. The third-order valence-electron chi connectivity index (χ3n) is 1.95. The molecule has 1 aromatic heterocycles. The fraction of sp³-hybridized carbons (Fsp3) is 0.273. The highest BCUT2D eigenvalue weighted by atomic mass is 16.4. The molecule has 15 heavy (non-hydrogen) atoms. The average molecular weight is 205 g/mol. The Morgan fingerprint density at radius 2 is 2.40 bits per heavy atom. The van der Waals surface area contributed by atoms with E-state index in [1.165, 1.54) is 6.26 Å². The van der Waals surface area contributed by atoms with Crippen molar-refractivity contribution in [1.29, 1.82) is 5.26 Å². The Balaban J connectivity index is 3.23. The van der Waals surface area contributed by atoms with Gasteiger partial charge in [-0.05, 0) is 18.6 Å². The zero-order valence-corrected chi connectivity index (χ0v) is 8.36. The van der Waals surface area contributed by atoms with Gasteiger partial charge in [-0.3, -0.25) is 0 Å². The molecule has 0 fully saturated rings. The lowest BCUT2D eigenvalue weighted by Gasteiger charge is -2.03. The minimum atomic E-state index is -1.21. The number of furan rings is 1. The van der Waals surface area contributed by atoms with Gasteiger partial charge in [0, 0.05) is 5.57 Å². The number of rotatable bonds is 4. The van der Waals surface area contributed by atoms with E-state index in [0.29, 0.717) is 17.8 Å². The van der Waals surface area contributed by atoms with Gasteiger partial charge in [0.15, 0.2) is 0 Å². The molecule has 0 bridgehead atoms. The maximum atomic E-state index is 10.8. The largest absolute Gasteiger partial charge is 0.477 e. The minimum Gasteiger partial charge on any atom is -0.477 e. The van der Waals surface area contributed by atoms with Crippen molar-refractivity contribution in [2.24, 2.45) is 0 Å². The number of nitriles is 1. The van der Waals surface area contributed by atoms with Crippen LogP contribution in [-0.4, -0.2) is 11.1 Å². The van der Waals surface area contributed by atoms with Gasteiger partial charge in [0.25, 0.3) is 0 Å². The maximum Gasteiger partial charge on any atom is 0.346 e. The molecule has 0 atom stereocenters. The molecule has 0 saturated heterocycles. The lowest BCUT2D eigenvalue weighted by atomic mass is 10.0. The summed E-state index contributed by atoms with van der Waals surface area (Å²) < 4.78 is 5.11. The summed E-state index contributed by atoms with van der Waals surface area (Å²) >= 11 is 0. The summed E-state index contributed by atoms with van der Waals surface area (Å²) in [6, 6.07) is 5.02. The van der Waals surface area contributed by atoms with E-state index in [-0.39, 0.29) is 5.57 Å². The van der Waals surface area contributed by atoms with Gasteiger partial charge in [0.1, 0.15) is 17.4 Å². The minimum absolute atomic E-state index is 0.244. The molecule has 4 nitrogen and oxygen atoms in total. The maximum absolute atomic E-state index is 10.8. The molecule has 1 aromatic rings. The summed E-state index contributed by atoms with van der Waals surface area (Å²) in [7, 11) is 0. The molecule has 0 saturated carbocycles. The highest BCUT2D eigenvalue weighted by Gasteiger charge is 2.16. The van der Waals surface area contributed by atoms with Crippen LogP contribution >= 0.6 is 0 Å². The average Bonchev–Trinajstić information content (AvgIpc) is 2.69. The summed E-state index contributed by atoms with van der Waals surface area (Å²) in [4.78, 5) is 10.8. The summed E-state index contributed by atoms with van der Waals surface area (Å²) in [6.07, 6.45) is 2.74. The summed E-state index contributed by atoms with van der Waals surface area (Å²) in [5, 5.41) is 17.6. The molecule has 0 aromatic carbocycles. The van der Waals surface area contributed by atoms with Gasteiger partial charge >= 0.3 is 5.97 Å². The lowest BCUT2D eigenvalue weighted by molar-refractivity contribution is -0.132. The standard InChI is InChI=1S/C11H11NO3/c1-2-4-8(9(7-12)11(13)14)10-5-3-6-15-10/h3,5-6H,2,4H2,1H3,(H,13,14). The first kappa shape index (κ1) is 11.1. The number of allylic oxidation sites excluding steroid dienone is 1. The van der Waals surface area contributed by atoms with Crippen LogP contribution in [0.3, 0.4) is 0 Å². The van der Waals surface area contributed by atoms with Gasteiger partial charge in [-0.25, -0.2) is 4.79 Å². The zero-order valence-electron chi connectivity index (χ0n) is 8.36. The number of hydrogen-bond donors (Lipinski definition) is 1. The van der Waals surface area contributed by atoms with Crippen LogP contribution < -0.4 is 0 Å². The van der Waals surface area contributed by atoms with E-state index in [1.807, 2.05) is 6.92 Å². The van der Waals surface area contributed by atoms with Gasteiger partial charge in [-0.1, -0.05) is 13.3 Å². The van der Waals surface area contributed by atoms with Gasteiger partial charge in [-0.2, -0.15) is 5.26 Å². The van der Waals surface area contributed by atoms with Crippen molar-refractivity contribution in [2.75, 3.05) is 0 Å². The quantitative estimate of drug-likeness (QED) is 0.605. The second kappa shape index (κ2) is 5.01. The first-order valence-electron chi connectivity index (χ1n) is 4.61. The molecule has 1 rings (SSSR count). The Bertz CT molecular complexity index is 410. The molecular weight excluding hydrogens is 194 g/mol. The Kier molecular flexibility index (Phi) is 3.69. The third-order valence-corrected chi connectivity index (χ3v) is 1.95. The fourth-order valence-corrected chi connectivity index (χ4v) is 1.32. The van der Waals surface area contributed by atoms with Crippen molar-refractivity contribution in [2.45, 2.75) is 19.8 Å². The third kappa shape index (κ3) is 2.47. The molecule has 4 heteroatoms. The van der Waals surface area contributed by atoms with Crippen LogP contribution in [0.5, 0.6) is 0 Å². The van der Waals surface area contributed by atoms with E-state index in [0.717, 1.165) is 6.42 Å². The number of nitrogens with zero attached hydrogens (tertiary/aromatic N) is 1. The molecule has 0 aliphatic carbocycles. The van der Waals surface area contributed by atoms with E-state index < -0.39 is 5.97 Å². The van der Waals surface area contributed by atoms with Gasteiger partial charge < -0.3 is 9.52 Å². The number of hydrogen-bond acceptors (Lipinski definition) is 3. The van der Waals surface area contributed by atoms with Crippen LogP contribution in [0, 0.1) is 11.3 Å². The fourth-order valence-electron chi connectivity index (χ4n) is 1.32. The monoisotopic (exact) mass is 205 g/mol. The van der Waals surface area contributed by atoms with Gasteiger partial charge in [0.05, 0.1) is 6.26 Å². The normalized spacial score (nSPS) is 11.7. The molecule has 0 aliphatic rings. The molecule has 1 heterocycles. The number of carbonyl (C=O) groups is 1. The van der Waals surface area contributed by atoms with E-state index in [9.17, 15) is 4.79 Å². The van der Waals surface area contributed by atoms with E-state index in [4.69, 9.17) is 14.8 Å². The summed E-state index contributed by atoms with van der Waals surface area (Å²) in [5.74, 6) is -0.756. The van der Waals surface area contributed by atoms with Gasteiger partial charge in [-0.15, -0.1) is 0 Å². The van der Waals surface area contributed by atoms with Crippen LogP contribution in [0.2, 0.25) is 0 Å². The van der Waals surface area contributed by atoms with Crippen LogP contribution in [0.4, 0.5) is 0 Å². The van der Waals surface area contributed by atoms with E-state index >= 15 is 0 Å². The highest BCUT2D eigenvalue weighted by Crippen LogP contribution is 2.24. The Morgan fingerprint density at radius 1 is 1.67 bits per heavy atom. The topological polar surface area (TPSA) is 74.2 Å². The van der Waals surface area contributed by atoms with Crippen molar-refractivity contribution >= 4 is 11.5 Å². The highest BCUT2D eigenvalue weighted by molar-refractivity contribution is 5.99. The molecule has 0 spiro atoms. The van der Waals surface area contributed by atoms with Crippen LogP contribution in [0.1, 0.15) is 25.5 Å².